The van der Waals surface area contributed by atoms with Crippen LogP contribution in [0.1, 0.15) is 39.5 Å². The summed E-state index contributed by atoms with van der Waals surface area (Å²) in [5.74, 6) is 0.540. The van der Waals surface area contributed by atoms with E-state index in [9.17, 15) is 8.42 Å². The molecule has 3 atom stereocenters. The van der Waals surface area contributed by atoms with Crippen LogP contribution in [0.25, 0.3) is 0 Å². The maximum Gasteiger partial charge on any atom is 0.150 e. The van der Waals surface area contributed by atoms with Gasteiger partial charge < -0.3 is 10.1 Å². The van der Waals surface area contributed by atoms with Gasteiger partial charge in [0.25, 0.3) is 0 Å². The fraction of sp³-hybridized carbons (Fsp3) is 1.00. The monoisotopic (exact) mass is 263 g/mol. The normalized spacial score (nSPS) is 27.2. The summed E-state index contributed by atoms with van der Waals surface area (Å²) in [7, 11) is -0.904. The van der Waals surface area contributed by atoms with Crippen LogP contribution in [0.15, 0.2) is 0 Å². The van der Waals surface area contributed by atoms with Crippen LogP contribution in [-0.2, 0) is 14.6 Å². The lowest BCUT2D eigenvalue weighted by Gasteiger charge is -2.23. The summed E-state index contributed by atoms with van der Waals surface area (Å²) < 4.78 is 28.6. The second-order valence-electron chi connectivity index (χ2n) is 4.84. The molecule has 1 aliphatic heterocycles. The quantitative estimate of drug-likeness (QED) is 0.753. The van der Waals surface area contributed by atoms with Crippen molar-refractivity contribution < 1.29 is 13.2 Å². The molecule has 0 aromatic carbocycles. The third kappa shape index (κ3) is 4.94. The Labute approximate surface area is 105 Å². The molecule has 0 bridgehead atoms. The Kier molecular flexibility index (Phi) is 5.89. The van der Waals surface area contributed by atoms with E-state index in [1.807, 2.05) is 7.05 Å². The molecule has 1 N–H and O–H groups in total. The van der Waals surface area contributed by atoms with Gasteiger partial charge in [-0.2, -0.15) is 0 Å². The minimum Gasteiger partial charge on any atom is -0.374 e. The number of sulfone groups is 1. The number of rotatable bonds is 7. The molecule has 0 saturated carbocycles. The first kappa shape index (κ1) is 14.9. The molecular weight excluding hydrogens is 238 g/mol. The van der Waals surface area contributed by atoms with Gasteiger partial charge in [-0.05, 0) is 39.7 Å². The van der Waals surface area contributed by atoms with Crippen LogP contribution < -0.4 is 5.32 Å². The van der Waals surface area contributed by atoms with E-state index in [1.54, 1.807) is 6.92 Å². The van der Waals surface area contributed by atoms with Crippen molar-refractivity contribution in [2.45, 2.75) is 57.8 Å². The zero-order chi connectivity index (χ0) is 12.9. The van der Waals surface area contributed by atoms with E-state index < -0.39 is 9.84 Å². The van der Waals surface area contributed by atoms with E-state index >= 15 is 0 Å². The highest BCUT2D eigenvalue weighted by molar-refractivity contribution is 7.91. The van der Waals surface area contributed by atoms with E-state index in [0.29, 0.717) is 11.9 Å². The van der Waals surface area contributed by atoms with Gasteiger partial charge in [0.1, 0.15) is 9.84 Å². The topological polar surface area (TPSA) is 55.4 Å². The van der Waals surface area contributed by atoms with Crippen molar-refractivity contribution in [1.82, 2.24) is 5.32 Å². The SMILES string of the molecule is CCS(=O)(=O)CCCC(NC)C1CCC(C)O1. The average Bonchev–Trinajstić information content (AvgIpc) is 2.71. The molecule has 0 aromatic rings. The van der Waals surface area contributed by atoms with E-state index in [2.05, 4.69) is 12.2 Å². The number of nitrogens with one attached hydrogen (secondary N) is 1. The first-order valence-corrected chi connectivity index (χ1v) is 8.33. The Bertz CT molecular complexity index is 316. The summed E-state index contributed by atoms with van der Waals surface area (Å²) >= 11 is 0. The third-order valence-electron chi connectivity index (χ3n) is 3.49. The van der Waals surface area contributed by atoms with Gasteiger partial charge in [-0.15, -0.1) is 0 Å². The van der Waals surface area contributed by atoms with Crippen molar-refractivity contribution in [1.29, 1.82) is 0 Å². The van der Waals surface area contributed by atoms with Crippen LogP contribution in [0.2, 0.25) is 0 Å². The Morgan fingerprint density at radius 1 is 1.41 bits per heavy atom. The molecule has 102 valence electrons. The highest BCUT2D eigenvalue weighted by Gasteiger charge is 2.28. The zero-order valence-corrected chi connectivity index (χ0v) is 11.9. The van der Waals surface area contributed by atoms with Crippen molar-refractivity contribution in [2.24, 2.45) is 0 Å². The predicted octanol–water partition coefficient (Wildman–Crippen LogP) is 1.36. The molecule has 0 radical (unpaired) electrons. The van der Waals surface area contributed by atoms with Crippen molar-refractivity contribution in [3.63, 3.8) is 0 Å². The molecular formula is C12H25NO3S. The van der Waals surface area contributed by atoms with Crippen LogP contribution in [0.5, 0.6) is 0 Å². The second-order valence-corrected chi connectivity index (χ2v) is 7.31. The molecule has 1 saturated heterocycles. The van der Waals surface area contributed by atoms with Crippen LogP contribution in [0.3, 0.4) is 0 Å². The zero-order valence-electron chi connectivity index (χ0n) is 11.1. The molecule has 0 spiro atoms. The summed E-state index contributed by atoms with van der Waals surface area (Å²) in [5, 5.41) is 3.25. The maximum atomic E-state index is 11.4. The van der Waals surface area contributed by atoms with E-state index in [0.717, 1.165) is 25.7 Å². The molecule has 0 aliphatic carbocycles. The Morgan fingerprint density at radius 2 is 2.12 bits per heavy atom. The lowest BCUT2D eigenvalue weighted by molar-refractivity contribution is 0.0317. The van der Waals surface area contributed by atoms with Gasteiger partial charge in [0.05, 0.1) is 18.0 Å². The number of likely N-dealkylation sites (N-methyl/N-ethyl adjacent to an activating group) is 1. The van der Waals surface area contributed by atoms with Gasteiger partial charge >= 0.3 is 0 Å². The first-order chi connectivity index (χ1) is 7.98. The van der Waals surface area contributed by atoms with Gasteiger partial charge in [-0.3, -0.25) is 0 Å². The second kappa shape index (κ2) is 6.71. The molecule has 1 heterocycles. The smallest absolute Gasteiger partial charge is 0.150 e. The Morgan fingerprint density at radius 3 is 2.59 bits per heavy atom. The van der Waals surface area contributed by atoms with Crippen LogP contribution in [-0.4, -0.2) is 45.2 Å². The minimum absolute atomic E-state index is 0.244. The summed E-state index contributed by atoms with van der Waals surface area (Å²) in [5.41, 5.74) is 0. The van der Waals surface area contributed by atoms with Crippen molar-refractivity contribution in [2.75, 3.05) is 18.6 Å². The first-order valence-electron chi connectivity index (χ1n) is 6.51. The standard InChI is InChI=1S/C12H25NO3S/c1-4-17(14,15)9-5-6-11(13-3)12-8-7-10(2)16-12/h10-13H,4-9H2,1-3H3. The maximum absolute atomic E-state index is 11.4. The van der Waals surface area contributed by atoms with Crippen molar-refractivity contribution in [3.8, 4) is 0 Å². The number of ether oxygens (including phenoxy) is 1. The Hall–Kier alpha value is -0.130. The van der Waals surface area contributed by atoms with Gasteiger partial charge in [0.2, 0.25) is 0 Å². The fourth-order valence-electron chi connectivity index (χ4n) is 2.31. The Balaban J connectivity index is 2.33. The fourth-order valence-corrected chi connectivity index (χ4v) is 3.21. The van der Waals surface area contributed by atoms with Crippen LogP contribution >= 0.6 is 0 Å². The highest BCUT2D eigenvalue weighted by atomic mass is 32.2. The van der Waals surface area contributed by atoms with E-state index in [4.69, 9.17) is 4.74 Å². The molecule has 1 aliphatic rings. The van der Waals surface area contributed by atoms with Gasteiger partial charge in [-0.25, -0.2) is 8.42 Å². The minimum atomic E-state index is -2.83. The summed E-state index contributed by atoms with van der Waals surface area (Å²) in [6.07, 6.45) is 4.36. The molecule has 0 amide bonds. The molecule has 4 nitrogen and oxygen atoms in total. The summed E-state index contributed by atoms with van der Waals surface area (Å²) in [4.78, 5) is 0. The molecule has 5 heteroatoms. The number of hydrogen-bond acceptors (Lipinski definition) is 4. The summed E-state index contributed by atoms with van der Waals surface area (Å²) in [6, 6.07) is 0.284. The average molecular weight is 263 g/mol. The third-order valence-corrected chi connectivity index (χ3v) is 5.29. The largest absolute Gasteiger partial charge is 0.374 e. The predicted molar refractivity (Wildman–Crippen MR) is 70.0 cm³/mol. The van der Waals surface area contributed by atoms with Gasteiger partial charge in [0.15, 0.2) is 0 Å². The molecule has 17 heavy (non-hydrogen) atoms. The molecule has 1 rings (SSSR count). The van der Waals surface area contributed by atoms with Crippen LogP contribution in [0, 0.1) is 0 Å². The molecule has 1 fully saturated rings. The summed E-state index contributed by atoms with van der Waals surface area (Å²) in [6.45, 7) is 3.79. The number of hydrogen-bond donors (Lipinski definition) is 1. The molecule has 0 aromatic heterocycles. The van der Waals surface area contributed by atoms with Crippen molar-refractivity contribution >= 4 is 9.84 Å². The van der Waals surface area contributed by atoms with Crippen molar-refractivity contribution in [3.05, 3.63) is 0 Å². The van der Waals surface area contributed by atoms with Crippen LogP contribution in [0.4, 0.5) is 0 Å². The van der Waals surface area contributed by atoms with E-state index in [1.165, 1.54) is 0 Å². The van der Waals surface area contributed by atoms with Gasteiger partial charge in [0, 0.05) is 11.8 Å². The highest BCUT2D eigenvalue weighted by Crippen LogP contribution is 2.23. The molecule has 3 unspecified atom stereocenters. The van der Waals surface area contributed by atoms with Gasteiger partial charge in [-0.1, -0.05) is 6.92 Å². The lowest BCUT2D eigenvalue weighted by Crippen LogP contribution is -2.38. The van der Waals surface area contributed by atoms with E-state index in [-0.39, 0.29) is 17.9 Å². The lowest BCUT2D eigenvalue weighted by atomic mass is 10.0.